The van der Waals surface area contributed by atoms with Crippen molar-refractivity contribution >= 4 is 21.6 Å². The summed E-state index contributed by atoms with van der Waals surface area (Å²) < 4.78 is 38.6. The van der Waals surface area contributed by atoms with Gasteiger partial charge in [-0.3, -0.25) is 4.79 Å². The average molecular weight is 413 g/mol. The van der Waals surface area contributed by atoms with Crippen LogP contribution in [0.3, 0.4) is 0 Å². The van der Waals surface area contributed by atoms with E-state index in [2.05, 4.69) is 10.3 Å². The molecule has 3 aromatic rings. The van der Waals surface area contributed by atoms with Gasteiger partial charge in [0.05, 0.1) is 30.3 Å². The van der Waals surface area contributed by atoms with Crippen LogP contribution in [0.5, 0.6) is 0 Å². The Kier molecular flexibility index (Phi) is 5.19. The van der Waals surface area contributed by atoms with E-state index >= 15 is 0 Å². The van der Waals surface area contributed by atoms with Gasteiger partial charge in [-0.1, -0.05) is 30.3 Å². The number of halogens is 1. The Hall–Kier alpha value is -3.00. The lowest BCUT2D eigenvalue weighted by molar-refractivity contribution is -0.119. The number of carbonyl (C=O) groups excluding carboxylic acids is 1. The Labute approximate surface area is 168 Å². The van der Waals surface area contributed by atoms with Crippen LogP contribution in [0.25, 0.3) is 11.3 Å². The van der Waals surface area contributed by atoms with Crippen LogP contribution in [0.4, 0.5) is 10.2 Å². The SMILES string of the molecule is O=C(Nc1c(-c2ccc(F)cc2)ncn1Cc1ccccc1)C1CCS(=O)(=O)C1. The van der Waals surface area contributed by atoms with E-state index in [1.54, 1.807) is 23.0 Å². The van der Waals surface area contributed by atoms with Gasteiger partial charge in [-0.05, 0) is 36.2 Å². The van der Waals surface area contributed by atoms with E-state index in [0.29, 0.717) is 30.0 Å². The molecule has 1 saturated heterocycles. The predicted octanol–water partition coefficient (Wildman–Crippen LogP) is 3.11. The molecule has 0 saturated carbocycles. The standard InChI is InChI=1S/C21H20FN3O3S/c22-18-8-6-16(7-9-18)19-20(24-21(26)17-10-11-29(27,28)13-17)25(14-23-19)12-15-4-2-1-3-5-15/h1-9,14,17H,10-13H2,(H,24,26). The Morgan fingerprint density at radius 3 is 2.52 bits per heavy atom. The lowest BCUT2D eigenvalue weighted by Gasteiger charge is -2.14. The van der Waals surface area contributed by atoms with Crippen molar-refractivity contribution in [3.8, 4) is 11.3 Å². The van der Waals surface area contributed by atoms with E-state index in [9.17, 15) is 17.6 Å². The van der Waals surface area contributed by atoms with Crippen molar-refractivity contribution in [2.45, 2.75) is 13.0 Å². The molecule has 0 bridgehead atoms. The predicted molar refractivity (Wildman–Crippen MR) is 109 cm³/mol. The van der Waals surface area contributed by atoms with Crippen LogP contribution in [-0.2, 0) is 21.2 Å². The first-order chi connectivity index (χ1) is 13.9. The lowest BCUT2D eigenvalue weighted by Crippen LogP contribution is -2.25. The van der Waals surface area contributed by atoms with Gasteiger partial charge in [0, 0.05) is 5.56 Å². The molecule has 1 aliphatic heterocycles. The van der Waals surface area contributed by atoms with E-state index in [0.717, 1.165) is 5.56 Å². The van der Waals surface area contributed by atoms with Crippen LogP contribution in [0.1, 0.15) is 12.0 Å². The second-order valence-electron chi connectivity index (χ2n) is 7.15. The van der Waals surface area contributed by atoms with Crippen LogP contribution < -0.4 is 5.32 Å². The molecular weight excluding hydrogens is 393 g/mol. The number of imidazole rings is 1. The molecule has 1 N–H and O–H groups in total. The van der Waals surface area contributed by atoms with Crippen LogP contribution in [0.2, 0.25) is 0 Å². The molecule has 6 nitrogen and oxygen atoms in total. The number of sulfone groups is 1. The summed E-state index contributed by atoms with van der Waals surface area (Å²) >= 11 is 0. The Morgan fingerprint density at radius 2 is 1.86 bits per heavy atom. The van der Waals surface area contributed by atoms with Gasteiger partial charge in [-0.2, -0.15) is 0 Å². The number of anilines is 1. The molecule has 0 spiro atoms. The number of benzene rings is 2. The Morgan fingerprint density at radius 1 is 1.14 bits per heavy atom. The van der Waals surface area contributed by atoms with Crippen LogP contribution in [-0.4, -0.2) is 35.4 Å². The Bertz CT molecular complexity index is 1130. The maximum atomic E-state index is 13.3. The quantitative estimate of drug-likeness (QED) is 0.697. The van der Waals surface area contributed by atoms with E-state index < -0.39 is 15.8 Å². The van der Waals surface area contributed by atoms with Gasteiger partial charge in [-0.25, -0.2) is 17.8 Å². The summed E-state index contributed by atoms with van der Waals surface area (Å²) in [6.45, 7) is 0.480. The van der Waals surface area contributed by atoms with Crippen molar-refractivity contribution in [1.29, 1.82) is 0 Å². The first-order valence-electron chi connectivity index (χ1n) is 9.27. The van der Waals surface area contributed by atoms with Gasteiger partial charge in [0.1, 0.15) is 17.3 Å². The molecule has 0 aliphatic carbocycles. The molecule has 1 aliphatic rings. The van der Waals surface area contributed by atoms with Crippen molar-refractivity contribution in [1.82, 2.24) is 9.55 Å². The molecule has 0 radical (unpaired) electrons. The molecule has 2 heterocycles. The summed E-state index contributed by atoms with van der Waals surface area (Å²) in [7, 11) is -3.17. The second kappa shape index (κ2) is 7.79. The third kappa shape index (κ3) is 4.37. The fraction of sp³-hybridized carbons (Fsp3) is 0.238. The van der Waals surface area contributed by atoms with Crippen LogP contribution in [0, 0.1) is 11.7 Å². The van der Waals surface area contributed by atoms with Gasteiger partial charge in [0.15, 0.2) is 9.84 Å². The minimum Gasteiger partial charge on any atom is -0.312 e. The van der Waals surface area contributed by atoms with Crippen molar-refractivity contribution in [3.05, 3.63) is 72.3 Å². The summed E-state index contributed by atoms with van der Waals surface area (Å²) in [5, 5.41) is 2.88. The monoisotopic (exact) mass is 413 g/mol. The highest BCUT2D eigenvalue weighted by molar-refractivity contribution is 7.91. The molecule has 1 fully saturated rings. The van der Waals surface area contributed by atoms with Gasteiger partial charge in [0.2, 0.25) is 5.91 Å². The molecule has 4 rings (SSSR count). The highest BCUT2D eigenvalue weighted by Crippen LogP contribution is 2.29. The van der Waals surface area contributed by atoms with Gasteiger partial charge in [-0.15, -0.1) is 0 Å². The molecule has 1 aromatic heterocycles. The largest absolute Gasteiger partial charge is 0.312 e. The fourth-order valence-corrected chi connectivity index (χ4v) is 5.19. The highest BCUT2D eigenvalue weighted by atomic mass is 32.2. The summed E-state index contributed by atoms with van der Waals surface area (Å²) in [6, 6.07) is 15.6. The number of aromatic nitrogens is 2. The first kappa shape index (κ1) is 19.3. The third-order valence-corrected chi connectivity index (χ3v) is 6.76. The number of rotatable bonds is 5. The zero-order chi connectivity index (χ0) is 20.4. The number of hydrogen-bond donors (Lipinski definition) is 1. The molecule has 1 atom stereocenters. The number of carbonyl (C=O) groups is 1. The van der Waals surface area contributed by atoms with E-state index in [1.807, 2.05) is 30.3 Å². The molecule has 2 aromatic carbocycles. The van der Waals surface area contributed by atoms with E-state index in [1.165, 1.54) is 12.1 Å². The Balaban J connectivity index is 1.67. The molecule has 150 valence electrons. The van der Waals surface area contributed by atoms with Crippen molar-refractivity contribution in [2.75, 3.05) is 16.8 Å². The van der Waals surface area contributed by atoms with Crippen molar-refractivity contribution < 1.29 is 17.6 Å². The highest BCUT2D eigenvalue weighted by Gasteiger charge is 2.33. The topological polar surface area (TPSA) is 81.1 Å². The molecular formula is C21H20FN3O3S. The van der Waals surface area contributed by atoms with Crippen LogP contribution >= 0.6 is 0 Å². The minimum absolute atomic E-state index is 0.0270. The van der Waals surface area contributed by atoms with E-state index in [4.69, 9.17) is 0 Å². The molecule has 1 amide bonds. The number of nitrogens with zero attached hydrogens (tertiary/aromatic N) is 2. The second-order valence-corrected chi connectivity index (χ2v) is 9.38. The molecule has 8 heteroatoms. The maximum absolute atomic E-state index is 13.3. The number of amides is 1. The summed E-state index contributed by atoms with van der Waals surface area (Å²) in [5.74, 6) is -0.934. The smallest absolute Gasteiger partial charge is 0.229 e. The first-order valence-corrected chi connectivity index (χ1v) is 11.1. The normalized spacial score (nSPS) is 17.9. The average Bonchev–Trinajstić information content (AvgIpc) is 3.26. The lowest BCUT2D eigenvalue weighted by atomic mass is 10.1. The van der Waals surface area contributed by atoms with Crippen LogP contribution in [0.15, 0.2) is 60.9 Å². The zero-order valence-corrected chi connectivity index (χ0v) is 16.4. The third-order valence-electron chi connectivity index (χ3n) is 5.00. The zero-order valence-electron chi connectivity index (χ0n) is 15.6. The molecule has 29 heavy (non-hydrogen) atoms. The summed E-state index contributed by atoms with van der Waals surface area (Å²) in [4.78, 5) is 17.2. The van der Waals surface area contributed by atoms with E-state index in [-0.39, 0.29) is 23.2 Å². The van der Waals surface area contributed by atoms with Gasteiger partial charge < -0.3 is 9.88 Å². The van der Waals surface area contributed by atoms with Gasteiger partial charge in [0.25, 0.3) is 0 Å². The summed E-state index contributed by atoms with van der Waals surface area (Å²) in [6.07, 6.45) is 1.93. The number of nitrogens with one attached hydrogen (secondary N) is 1. The summed E-state index contributed by atoms with van der Waals surface area (Å²) in [5.41, 5.74) is 2.19. The van der Waals surface area contributed by atoms with Gasteiger partial charge >= 0.3 is 0 Å². The minimum atomic E-state index is -3.17. The van der Waals surface area contributed by atoms with Crippen molar-refractivity contribution in [2.24, 2.45) is 5.92 Å². The number of hydrogen-bond acceptors (Lipinski definition) is 4. The fourth-order valence-electron chi connectivity index (χ4n) is 3.45. The molecule has 1 unspecified atom stereocenters. The van der Waals surface area contributed by atoms with Crippen molar-refractivity contribution in [3.63, 3.8) is 0 Å². The maximum Gasteiger partial charge on any atom is 0.229 e.